The van der Waals surface area contributed by atoms with Crippen molar-refractivity contribution in [2.75, 3.05) is 5.32 Å². The van der Waals surface area contributed by atoms with Crippen molar-refractivity contribution in [2.45, 2.75) is 6.54 Å². The molecule has 0 saturated heterocycles. The van der Waals surface area contributed by atoms with Gasteiger partial charge in [0, 0.05) is 21.2 Å². The topological polar surface area (TPSA) is 12.0 Å². The molecule has 5 heteroatoms. The quantitative estimate of drug-likeness (QED) is 0.647. The monoisotopic (exact) mass is 435 g/mol. The third kappa shape index (κ3) is 3.56. The molecule has 0 heterocycles. The van der Waals surface area contributed by atoms with Gasteiger partial charge in [0.25, 0.3) is 0 Å². The van der Waals surface area contributed by atoms with Crippen molar-refractivity contribution >= 4 is 53.5 Å². The first kappa shape index (κ1) is 14.0. The van der Waals surface area contributed by atoms with Gasteiger partial charge in [0.2, 0.25) is 0 Å². The van der Waals surface area contributed by atoms with Gasteiger partial charge in [-0.25, -0.2) is 4.39 Å². The highest BCUT2D eigenvalue weighted by molar-refractivity contribution is 9.13. The lowest BCUT2D eigenvalue weighted by molar-refractivity contribution is 0.621. The van der Waals surface area contributed by atoms with Gasteiger partial charge in [0.1, 0.15) is 5.82 Å². The van der Waals surface area contributed by atoms with E-state index in [4.69, 9.17) is 0 Å². The predicted molar refractivity (Wildman–Crippen MR) is 83.3 cm³/mol. The van der Waals surface area contributed by atoms with E-state index in [-0.39, 0.29) is 5.82 Å². The molecule has 2 aromatic carbocycles. The van der Waals surface area contributed by atoms with Gasteiger partial charge in [-0.1, -0.05) is 6.07 Å². The molecule has 0 aromatic heterocycles. The molecule has 0 aliphatic heterocycles. The molecule has 0 fully saturated rings. The summed E-state index contributed by atoms with van der Waals surface area (Å²) in [7, 11) is 0. The van der Waals surface area contributed by atoms with Crippen LogP contribution in [0, 0.1) is 5.82 Å². The summed E-state index contributed by atoms with van der Waals surface area (Å²) in [6.07, 6.45) is 0. The number of anilines is 1. The lowest BCUT2D eigenvalue weighted by atomic mass is 10.2. The average molecular weight is 438 g/mol. The fourth-order valence-electron chi connectivity index (χ4n) is 1.46. The van der Waals surface area contributed by atoms with Gasteiger partial charge in [0.15, 0.2) is 0 Å². The molecule has 0 atom stereocenters. The van der Waals surface area contributed by atoms with Crippen LogP contribution in [0.5, 0.6) is 0 Å². The molecule has 2 rings (SSSR count). The Balaban J connectivity index is 2.06. The van der Waals surface area contributed by atoms with E-state index in [1.807, 2.05) is 18.2 Å². The first-order valence-corrected chi connectivity index (χ1v) is 7.57. The molecule has 94 valence electrons. The van der Waals surface area contributed by atoms with E-state index in [1.54, 1.807) is 12.1 Å². The van der Waals surface area contributed by atoms with Crippen molar-refractivity contribution in [1.29, 1.82) is 0 Å². The van der Waals surface area contributed by atoms with Crippen molar-refractivity contribution in [3.63, 3.8) is 0 Å². The van der Waals surface area contributed by atoms with Crippen molar-refractivity contribution in [2.24, 2.45) is 0 Å². The second kappa shape index (κ2) is 6.17. The maximum Gasteiger partial charge on any atom is 0.137 e. The van der Waals surface area contributed by atoms with Crippen LogP contribution in [0.1, 0.15) is 5.56 Å². The Kier molecular flexibility index (Phi) is 4.81. The van der Waals surface area contributed by atoms with E-state index in [0.29, 0.717) is 11.0 Å². The fraction of sp³-hybridized carbons (Fsp3) is 0.0769. The average Bonchev–Trinajstić information content (AvgIpc) is 2.35. The maximum atomic E-state index is 13.1. The van der Waals surface area contributed by atoms with Crippen LogP contribution in [0.3, 0.4) is 0 Å². The first-order valence-electron chi connectivity index (χ1n) is 5.19. The number of hydrogen-bond donors (Lipinski definition) is 1. The smallest absolute Gasteiger partial charge is 0.137 e. The Bertz CT molecular complexity index is 521. The van der Waals surface area contributed by atoms with Crippen LogP contribution in [0.2, 0.25) is 0 Å². The first-order chi connectivity index (χ1) is 8.56. The SMILES string of the molecule is Fc1ccc(NCc2ccc(Br)c(Br)c2)cc1Br. The molecular weight excluding hydrogens is 429 g/mol. The van der Waals surface area contributed by atoms with Crippen LogP contribution in [-0.2, 0) is 6.54 Å². The highest BCUT2D eigenvalue weighted by Gasteiger charge is 2.02. The summed E-state index contributed by atoms with van der Waals surface area (Å²) in [5.41, 5.74) is 2.02. The van der Waals surface area contributed by atoms with Gasteiger partial charge in [-0.2, -0.15) is 0 Å². The predicted octanol–water partition coefficient (Wildman–Crippen LogP) is 5.73. The molecule has 0 unspecified atom stereocenters. The lowest BCUT2D eigenvalue weighted by Crippen LogP contribution is -1.99. The Morgan fingerprint density at radius 3 is 2.33 bits per heavy atom. The van der Waals surface area contributed by atoms with E-state index in [2.05, 4.69) is 53.1 Å². The second-order valence-corrected chi connectivity index (χ2v) is 6.29. The van der Waals surface area contributed by atoms with Crippen LogP contribution in [0.4, 0.5) is 10.1 Å². The zero-order valence-corrected chi connectivity index (χ0v) is 13.9. The van der Waals surface area contributed by atoms with E-state index < -0.39 is 0 Å². The number of benzene rings is 2. The zero-order chi connectivity index (χ0) is 13.1. The van der Waals surface area contributed by atoms with Gasteiger partial charge in [-0.15, -0.1) is 0 Å². The van der Waals surface area contributed by atoms with Crippen molar-refractivity contribution < 1.29 is 4.39 Å². The molecular formula is C13H9Br3FN. The highest BCUT2D eigenvalue weighted by Crippen LogP contribution is 2.25. The molecule has 0 spiro atoms. The van der Waals surface area contributed by atoms with Crippen LogP contribution < -0.4 is 5.32 Å². The van der Waals surface area contributed by atoms with E-state index in [9.17, 15) is 4.39 Å². The van der Waals surface area contributed by atoms with Gasteiger partial charge in [-0.05, 0) is 83.7 Å². The lowest BCUT2D eigenvalue weighted by Gasteiger charge is -2.08. The Labute approximate surface area is 130 Å². The van der Waals surface area contributed by atoms with Gasteiger partial charge in [-0.3, -0.25) is 0 Å². The Morgan fingerprint density at radius 2 is 1.67 bits per heavy atom. The van der Waals surface area contributed by atoms with Crippen molar-refractivity contribution in [1.82, 2.24) is 0 Å². The Hall–Kier alpha value is -0.390. The number of nitrogens with one attached hydrogen (secondary N) is 1. The maximum absolute atomic E-state index is 13.1. The third-order valence-electron chi connectivity index (χ3n) is 2.40. The largest absolute Gasteiger partial charge is 0.381 e. The summed E-state index contributed by atoms with van der Waals surface area (Å²) in [6, 6.07) is 10.9. The van der Waals surface area contributed by atoms with Crippen LogP contribution in [0.15, 0.2) is 49.8 Å². The molecule has 0 bridgehead atoms. The highest BCUT2D eigenvalue weighted by atomic mass is 79.9. The zero-order valence-electron chi connectivity index (χ0n) is 9.18. The molecule has 0 aliphatic rings. The summed E-state index contributed by atoms with van der Waals surface area (Å²) in [6.45, 7) is 0.684. The molecule has 0 aliphatic carbocycles. The molecule has 0 amide bonds. The minimum atomic E-state index is -0.257. The van der Waals surface area contributed by atoms with Crippen molar-refractivity contribution in [3.8, 4) is 0 Å². The molecule has 0 radical (unpaired) electrons. The van der Waals surface area contributed by atoms with Crippen molar-refractivity contribution in [3.05, 3.63) is 61.2 Å². The van der Waals surface area contributed by atoms with Crippen LogP contribution in [0.25, 0.3) is 0 Å². The molecule has 0 saturated carbocycles. The second-order valence-electron chi connectivity index (χ2n) is 3.73. The van der Waals surface area contributed by atoms with E-state index in [1.165, 1.54) is 6.07 Å². The summed E-state index contributed by atoms with van der Waals surface area (Å²) in [4.78, 5) is 0. The molecule has 1 N–H and O–H groups in total. The number of hydrogen-bond acceptors (Lipinski definition) is 1. The van der Waals surface area contributed by atoms with Gasteiger partial charge in [0.05, 0.1) is 4.47 Å². The summed E-state index contributed by atoms with van der Waals surface area (Å²) >= 11 is 10.1. The molecule has 1 nitrogen and oxygen atoms in total. The summed E-state index contributed by atoms with van der Waals surface area (Å²) in [5.74, 6) is -0.257. The van der Waals surface area contributed by atoms with Crippen LogP contribution in [-0.4, -0.2) is 0 Å². The van der Waals surface area contributed by atoms with E-state index >= 15 is 0 Å². The molecule has 18 heavy (non-hydrogen) atoms. The number of rotatable bonds is 3. The third-order valence-corrected chi connectivity index (χ3v) is 4.89. The van der Waals surface area contributed by atoms with Crippen LogP contribution >= 0.6 is 47.8 Å². The normalized spacial score (nSPS) is 10.4. The Morgan fingerprint density at radius 1 is 0.889 bits per heavy atom. The van der Waals surface area contributed by atoms with Gasteiger partial charge >= 0.3 is 0 Å². The minimum absolute atomic E-state index is 0.257. The van der Waals surface area contributed by atoms with Gasteiger partial charge < -0.3 is 5.32 Å². The van der Waals surface area contributed by atoms with E-state index in [0.717, 1.165) is 20.2 Å². The fourth-order valence-corrected chi connectivity index (χ4v) is 2.51. The molecule has 2 aromatic rings. The number of halogens is 4. The summed E-state index contributed by atoms with van der Waals surface area (Å²) in [5, 5.41) is 3.24. The minimum Gasteiger partial charge on any atom is -0.381 e. The summed E-state index contributed by atoms with van der Waals surface area (Å²) < 4.78 is 15.6. The standard InChI is InChI=1S/C13H9Br3FN/c14-10-3-1-8(5-11(10)15)7-18-9-2-4-13(17)12(16)6-9/h1-6,18H,7H2.